The first-order valence-corrected chi connectivity index (χ1v) is 11.3. The van der Waals surface area contributed by atoms with Crippen LogP contribution < -0.4 is 15.5 Å². The quantitative estimate of drug-likeness (QED) is 0.583. The van der Waals surface area contributed by atoms with Gasteiger partial charge in [-0.05, 0) is 68.7 Å². The van der Waals surface area contributed by atoms with Crippen LogP contribution in [0.2, 0.25) is 0 Å². The van der Waals surface area contributed by atoms with Gasteiger partial charge in [0.1, 0.15) is 6.04 Å². The number of anilines is 3. The Morgan fingerprint density at radius 2 is 1.65 bits per heavy atom. The van der Waals surface area contributed by atoms with Crippen LogP contribution in [0.25, 0.3) is 0 Å². The molecule has 0 unspecified atom stereocenters. The number of hydrogen-bond donors (Lipinski definition) is 2. The summed E-state index contributed by atoms with van der Waals surface area (Å²) in [5, 5.41) is 5.62. The minimum Gasteiger partial charge on any atom is -0.356 e. The second-order valence-electron chi connectivity index (χ2n) is 8.53. The molecule has 0 spiro atoms. The molecular formula is C27H32N3O+. The maximum Gasteiger partial charge on any atom is 0.282 e. The zero-order valence-corrected chi connectivity index (χ0v) is 18.4. The van der Waals surface area contributed by atoms with Crippen molar-refractivity contribution < 1.29 is 10.1 Å². The number of nitrogens with two attached hydrogens (primary N) is 1. The predicted molar refractivity (Wildman–Crippen MR) is 128 cm³/mol. The first kappa shape index (κ1) is 21.1. The number of aryl methyl sites for hydroxylation is 1. The van der Waals surface area contributed by atoms with E-state index < -0.39 is 0 Å². The lowest BCUT2D eigenvalue weighted by Gasteiger charge is -2.28. The summed E-state index contributed by atoms with van der Waals surface area (Å²) >= 11 is 0. The maximum absolute atomic E-state index is 13.2. The van der Waals surface area contributed by atoms with Gasteiger partial charge in [0.2, 0.25) is 0 Å². The number of rotatable bonds is 7. The van der Waals surface area contributed by atoms with Gasteiger partial charge in [-0.25, -0.2) is 0 Å². The summed E-state index contributed by atoms with van der Waals surface area (Å²) in [6.45, 7) is 4.61. The highest BCUT2D eigenvalue weighted by molar-refractivity contribution is 5.94. The van der Waals surface area contributed by atoms with Crippen LogP contribution in [0.1, 0.15) is 43.9 Å². The summed E-state index contributed by atoms with van der Waals surface area (Å²) in [7, 11) is 0. The van der Waals surface area contributed by atoms with Gasteiger partial charge >= 0.3 is 0 Å². The van der Waals surface area contributed by atoms with Gasteiger partial charge in [0.05, 0.1) is 0 Å². The molecule has 1 aliphatic carbocycles. The number of para-hydroxylation sites is 1. The fourth-order valence-electron chi connectivity index (χ4n) is 4.50. The number of carbonyl (C=O) groups is 1. The number of nitrogens with zero attached hydrogens (tertiary/aromatic N) is 1. The first-order valence-electron chi connectivity index (χ1n) is 11.3. The summed E-state index contributed by atoms with van der Waals surface area (Å²) in [5.74, 6) is 0.154. The van der Waals surface area contributed by atoms with Gasteiger partial charge in [-0.2, -0.15) is 0 Å². The molecule has 0 fully saturated rings. The molecular weight excluding hydrogens is 382 g/mol. The monoisotopic (exact) mass is 414 g/mol. The minimum atomic E-state index is 0.104. The summed E-state index contributed by atoms with van der Waals surface area (Å²) in [6, 6.07) is 27.4. The lowest BCUT2D eigenvalue weighted by Crippen LogP contribution is -2.88. The third-order valence-electron chi connectivity index (χ3n) is 5.99. The van der Waals surface area contributed by atoms with Gasteiger partial charge in [-0.3, -0.25) is 4.79 Å². The molecule has 4 heteroatoms. The molecule has 4 rings (SSSR count). The standard InChI is InChI=1S/C27H31N3O/c1-20(2)30(24-17-15-23(16-18-24)29-22-11-4-3-5-12-22)27(31)19-28-26-14-8-10-21-9-6-7-13-25(21)26/h3-7,9,11-13,15-18,20,26,28-29H,8,10,14,19H2,1-2H3/p+1/t26-/m0/s1. The lowest BCUT2D eigenvalue weighted by molar-refractivity contribution is -0.687. The normalized spacial score (nSPS) is 15.4. The van der Waals surface area contributed by atoms with Crippen LogP contribution in [-0.4, -0.2) is 18.5 Å². The van der Waals surface area contributed by atoms with E-state index in [1.807, 2.05) is 59.5 Å². The minimum absolute atomic E-state index is 0.104. The first-order chi connectivity index (χ1) is 15.1. The smallest absolute Gasteiger partial charge is 0.282 e. The maximum atomic E-state index is 13.2. The second kappa shape index (κ2) is 9.80. The van der Waals surface area contributed by atoms with Gasteiger partial charge in [0.15, 0.2) is 6.54 Å². The molecule has 0 heterocycles. The molecule has 3 N–H and O–H groups in total. The number of amides is 1. The molecule has 4 nitrogen and oxygen atoms in total. The third-order valence-corrected chi connectivity index (χ3v) is 5.99. The Morgan fingerprint density at radius 1 is 0.968 bits per heavy atom. The predicted octanol–water partition coefficient (Wildman–Crippen LogP) is 4.81. The van der Waals surface area contributed by atoms with Gasteiger partial charge < -0.3 is 15.5 Å². The number of fused-ring (bicyclic) bond motifs is 1. The molecule has 0 bridgehead atoms. The average Bonchev–Trinajstić information content (AvgIpc) is 2.79. The number of nitrogens with one attached hydrogen (secondary N) is 1. The third kappa shape index (κ3) is 5.15. The van der Waals surface area contributed by atoms with E-state index in [0.717, 1.165) is 29.9 Å². The van der Waals surface area contributed by atoms with Crippen LogP contribution in [-0.2, 0) is 11.2 Å². The molecule has 0 aliphatic heterocycles. The Balaban J connectivity index is 1.42. The Morgan fingerprint density at radius 3 is 2.39 bits per heavy atom. The molecule has 1 atom stereocenters. The van der Waals surface area contributed by atoms with Crippen LogP contribution in [0.5, 0.6) is 0 Å². The van der Waals surface area contributed by atoms with Crippen molar-refractivity contribution >= 4 is 23.0 Å². The zero-order chi connectivity index (χ0) is 21.6. The van der Waals surface area contributed by atoms with Crippen molar-refractivity contribution in [3.63, 3.8) is 0 Å². The highest BCUT2D eigenvalue weighted by atomic mass is 16.2. The number of benzene rings is 3. The van der Waals surface area contributed by atoms with Crippen LogP contribution >= 0.6 is 0 Å². The van der Waals surface area contributed by atoms with Crippen molar-refractivity contribution in [1.29, 1.82) is 0 Å². The summed E-state index contributed by atoms with van der Waals surface area (Å²) in [5.41, 5.74) is 5.83. The topological polar surface area (TPSA) is 49.0 Å². The largest absolute Gasteiger partial charge is 0.356 e. The SMILES string of the molecule is CC(C)N(C(=O)C[NH2+][C@H]1CCCc2ccccc21)c1ccc(Nc2ccccc2)cc1. The Bertz CT molecular complexity index is 999. The number of carbonyl (C=O) groups excluding carboxylic acids is 1. The molecule has 160 valence electrons. The molecule has 0 aromatic heterocycles. The van der Waals surface area contributed by atoms with Gasteiger partial charge in [0.25, 0.3) is 5.91 Å². The van der Waals surface area contributed by atoms with Crippen molar-refractivity contribution in [1.82, 2.24) is 0 Å². The van der Waals surface area contributed by atoms with Crippen molar-refractivity contribution in [3.05, 3.63) is 90.0 Å². The van der Waals surface area contributed by atoms with Crippen molar-refractivity contribution in [3.8, 4) is 0 Å². The number of quaternary nitrogens is 1. The highest BCUT2D eigenvalue weighted by Gasteiger charge is 2.26. The molecule has 0 saturated carbocycles. The summed E-state index contributed by atoms with van der Waals surface area (Å²) in [6.07, 6.45) is 3.47. The fourth-order valence-corrected chi connectivity index (χ4v) is 4.50. The van der Waals surface area contributed by atoms with Crippen LogP contribution in [0.4, 0.5) is 17.1 Å². The van der Waals surface area contributed by atoms with E-state index in [-0.39, 0.29) is 11.9 Å². The van der Waals surface area contributed by atoms with Crippen LogP contribution in [0.3, 0.4) is 0 Å². The van der Waals surface area contributed by atoms with E-state index in [4.69, 9.17) is 0 Å². The zero-order valence-electron chi connectivity index (χ0n) is 18.4. The number of hydrogen-bond acceptors (Lipinski definition) is 2. The average molecular weight is 415 g/mol. The summed E-state index contributed by atoms with van der Waals surface area (Å²) in [4.78, 5) is 15.1. The van der Waals surface area contributed by atoms with Crippen molar-refractivity contribution in [2.75, 3.05) is 16.8 Å². The molecule has 3 aromatic rings. The van der Waals surface area contributed by atoms with Crippen molar-refractivity contribution in [2.45, 2.75) is 45.2 Å². The lowest BCUT2D eigenvalue weighted by atomic mass is 9.88. The van der Waals surface area contributed by atoms with Gasteiger partial charge in [0, 0.05) is 35.1 Å². The van der Waals surface area contributed by atoms with E-state index in [1.54, 1.807) is 0 Å². The Kier molecular flexibility index (Phi) is 6.68. The van der Waals surface area contributed by atoms with E-state index in [9.17, 15) is 4.79 Å². The van der Waals surface area contributed by atoms with E-state index in [2.05, 4.69) is 48.7 Å². The van der Waals surface area contributed by atoms with Crippen LogP contribution in [0, 0.1) is 0 Å². The molecule has 1 aliphatic rings. The van der Waals surface area contributed by atoms with Gasteiger partial charge in [-0.15, -0.1) is 0 Å². The van der Waals surface area contributed by atoms with E-state index >= 15 is 0 Å². The van der Waals surface area contributed by atoms with E-state index in [1.165, 1.54) is 17.5 Å². The molecule has 3 aromatic carbocycles. The fraction of sp³-hybridized carbons (Fsp3) is 0.296. The molecule has 31 heavy (non-hydrogen) atoms. The highest BCUT2D eigenvalue weighted by Crippen LogP contribution is 2.27. The molecule has 1 amide bonds. The Hall–Kier alpha value is -3.11. The van der Waals surface area contributed by atoms with Crippen molar-refractivity contribution in [2.24, 2.45) is 0 Å². The van der Waals surface area contributed by atoms with Crippen LogP contribution in [0.15, 0.2) is 78.9 Å². The van der Waals surface area contributed by atoms with E-state index in [0.29, 0.717) is 12.6 Å². The molecule has 0 radical (unpaired) electrons. The Labute approximate surface area is 185 Å². The molecule has 0 saturated heterocycles. The summed E-state index contributed by atoms with van der Waals surface area (Å²) < 4.78 is 0. The van der Waals surface area contributed by atoms with Gasteiger partial charge in [-0.1, -0.05) is 42.5 Å². The second-order valence-corrected chi connectivity index (χ2v) is 8.53.